The molecule has 0 aliphatic rings. The van der Waals surface area contributed by atoms with Crippen molar-refractivity contribution in [2.24, 2.45) is 5.14 Å². The zero-order valence-corrected chi connectivity index (χ0v) is 16.8. The van der Waals surface area contributed by atoms with E-state index in [1.54, 1.807) is 16.7 Å². The van der Waals surface area contributed by atoms with Gasteiger partial charge < -0.3 is 0 Å². The van der Waals surface area contributed by atoms with Crippen LogP contribution in [0.25, 0.3) is 16.6 Å². The second kappa shape index (κ2) is 7.84. The molecule has 1 heterocycles. The maximum Gasteiger partial charge on any atom is 0.266 e. The summed E-state index contributed by atoms with van der Waals surface area (Å²) in [6.07, 6.45) is 0.388. The molecule has 0 spiro atoms. The van der Waals surface area contributed by atoms with Crippen molar-refractivity contribution in [3.8, 4) is 5.69 Å². The number of aromatic nitrogens is 2. The number of benzene rings is 2. The van der Waals surface area contributed by atoms with Crippen LogP contribution in [-0.2, 0) is 10.0 Å². The van der Waals surface area contributed by atoms with Gasteiger partial charge >= 0.3 is 0 Å². The summed E-state index contributed by atoms with van der Waals surface area (Å²) >= 11 is 1.36. The lowest BCUT2D eigenvalue weighted by molar-refractivity contribution is 0.596. The molecular weight excluding hydrogens is 382 g/mol. The number of hydrogen-bond donors (Lipinski definition) is 1. The Labute approximate surface area is 162 Å². The van der Waals surface area contributed by atoms with Crippen LogP contribution in [0.2, 0.25) is 0 Å². The molecule has 0 amide bonds. The average molecular weight is 404 g/mol. The van der Waals surface area contributed by atoms with Crippen molar-refractivity contribution in [2.45, 2.75) is 25.4 Å². The molecule has 0 aliphatic heterocycles. The van der Waals surface area contributed by atoms with Gasteiger partial charge in [0, 0.05) is 5.75 Å². The first kappa shape index (κ1) is 19.6. The Balaban J connectivity index is 2.08. The second-order valence-electron chi connectivity index (χ2n) is 6.47. The van der Waals surface area contributed by atoms with E-state index in [9.17, 15) is 13.2 Å². The summed E-state index contributed by atoms with van der Waals surface area (Å²) in [5.74, 6) is 0.396. The minimum atomic E-state index is -3.50. The number of sulfonamides is 1. The van der Waals surface area contributed by atoms with Gasteiger partial charge in [0.2, 0.25) is 10.0 Å². The normalized spacial score (nSPS) is 11.8. The number of nitrogens with zero attached hydrogens (tertiary/aromatic N) is 2. The van der Waals surface area contributed by atoms with Crippen LogP contribution in [0, 0.1) is 13.8 Å². The standard InChI is InChI=1S/C19H21N3O3S2/c1-13-10-14(2)12-15(11-13)22-18(23)16-6-3-4-7-17(16)21-19(22)26-8-5-9-27(20,24)25/h3-4,6-7,10-12H,5,8-9H2,1-2H3,(H2,20,24,25). The number of fused-ring (bicyclic) bond motifs is 1. The maximum absolute atomic E-state index is 13.2. The molecule has 0 aliphatic carbocycles. The zero-order valence-electron chi connectivity index (χ0n) is 15.2. The van der Waals surface area contributed by atoms with Gasteiger partial charge in [-0.05, 0) is 55.7 Å². The molecule has 2 N–H and O–H groups in total. The van der Waals surface area contributed by atoms with Crippen LogP contribution in [0.1, 0.15) is 17.5 Å². The summed E-state index contributed by atoms with van der Waals surface area (Å²) < 4.78 is 23.9. The highest BCUT2D eigenvalue weighted by Gasteiger charge is 2.14. The van der Waals surface area contributed by atoms with E-state index in [4.69, 9.17) is 5.14 Å². The zero-order chi connectivity index (χ0) is 19.6. The van der Waals surface area contributed by atoms with Crippen LogP contribution in [0.15, 0.2) is 52.4 Å². The van der Waals surface area contributed by atoms with Gasteiger partial charge in [0.25, 0.3) is 5.56 Å². The average Bonchev–Trinajstić information content (AvgIpc) is 2.57. The van der Waals surface area contributed by atoms with Gasteiger partial charge in [-0.3, -0.25) is 9.36 Å². The molecule has 0 radical (unpaired) electrons. The highest BCUT2D eigenvalue weighted by Crippen LogP contribution is 2.23. The summed E-state index contributed by atoms with van der Waals surface area (Å²) in [6, 6.07) is 13.2. The first-order valence-corrected chi connectivity index (χ1v) is 11.2. The summed E-state index contributed by atoms with van der Waals surface area (Å²) in [7, 11) is -3.50. The van der Waals surface area contributed by atoms with Crippen molar-refractivity contribution < 1.29 is 8.42 Å². The Bertz CT molecular complexity index is 1130. The van der Waals surface area contributed by atoms with Gasteiger partial charge in [-0.2, -0.15) is 0 Å². The summed E-state index contributed by atoms with van der Waals surface area (Å²) in [5.41, 5.74) is 3.34. The van der Waals surface area contributed by atoms with Gasteiger partial charge in [-0.1, -0.05) is 30.0 Å². The van der Waals surface area contributed by atoms with E-state index in [2.05, 4.69) is 4.98 Å². The lowest BCUT2D eigenvalue weighted by Crippen LogP contribution is -2.22. The molecule has 0 saturated heterocycles. The Morgan fingerprint density at radius 3 is 2.44 bits per heavy atom. The SMILES string of the molecule is Cc1cc(C)cc(-n2c(SCCCS(N)(=O)=O)nc3ccccc3c2=O)c1. The van der Waals surface area contributed by atoms with Crippen LogP contribution >= 0.6 is 11.8 Å². The molecule has 3 rings (SSSR count). The molecule has 6 nitrogen and oxygen atoms in total. The molecule has 0 unspecified atom stereocenters. The van der Waals surface area contributed by atoms with Crippen molar-refractivity contribution in [3.05, 3.63) is 63.9 Å². The van der Waals surface area contributed by atoms with Crippen molar-refractivity contribution >= 4 is 32.7 Å². The van der Waals surface area contributed by atoms with Crippen LogP contribution in [0.5, 0.6) is 0 Å². The van der Waals surface area contributed by atoms with E-state index >= 15 is 0 Å². The van der Waals surface area contributed by atoms with Crippen LogP contribution in [0.4, 0.5) is 0 Å². The molecule has 0 fully saturated rings. The van der Waals surface area contributed by atoms with E-state index in [1.165, 1.54) is 11.8 Å². The Hall–Kier alpha value is -2.16. The van der Waals surface area contributed by atoms with Crippen molar-refractivity contribution in [3.63, 3.8) is 0 Å². The predicted octanol–water partition coefficient (Wildman–Crippen LogP) is 2.77. The van der Waals surface area contributed by atoms with Gasteiger partial charge in [0.1, 0.15) is 0 Å². The Kier molecular flexibility index (Phi) is 5.69. The van der Waals surface area contributed by atoms with E-state index in [-0.39, 0.29) is 11.3 Å². The minimum absolute atomic E-state index is 0.0959. The smallest absolute Gasteiger partial charge is 0.266 e. The highest BCUT2D eigenvalue weighted by molar-refractivity contribution is 7.99. The number of nitrogens with two attached hydrogens (primary N) is 1. The van der Waals surface area contributed by atoms with E-state index in [1.807, 2.05) is 44.2 Å². The highest BCUT2D eigenvalue weighted by atomic mass is 32.2. The fraction of sp³-hybridized carbons (Fsp3) is 0.263. The van der Waals surface area contributed by atoms with Gasteiger partial charge in [0.15, 0.2) is 5.16 Å². The number of aryl methyl sites for hydroxylation is 2. The van der Waals surface area contributed by atoms with Crippen molar-refractivity contribution in [1.82, 2.24) is 9.55 Å². The number of thioether (sulfide) groups is 1. The largest absolute Gasteiger partial charge is 0.268 e. The van der Waals surface area contributed by atoms with Gasteiger partial charge in [-0.15, -0.1) is 0 Å². The third-order valence-electron chi connectivity index (χ3n) is 4.01. The summed E-state index contributed by atoms with van der Waals surface area (Å²) in [5, 5.41) is 6.15. The minimum Gasteiger partial charge on any atom is -0.268 e. The van der Waals surface area contributed by atoms with Crippen molar-refractivity contribution in [2.75, 3.05) is 11.5 Å². The molecule has 3 aromatic rings. The third-order valence-corrected chi connectivity index (χ3v) is 5.90. The van der Waals surface area contributed by atoms with Crippen LogP contribution in [0.3, 0.4) is 0 Å². The molecule has 0 atom stereocenters. The first-order valence-electron chi connectivity index (χ1n) is 8.48. The van der Waals surface area contributed by atoms with E-state index < -0.39 is 10.0 Å². The molecule has 27 heavy (non-hydrogen) atoms. The lowest BCUT2D eigenvalue weighted by Gasteiger charge is -2.14. The van der Waals surface area contributed by atoms with Crippen LogP contribution in [-0.4, -0.2) is 29.5 Å². The van der Waals surface area contributed by atoms with Crippen molar-refractivity contribution in [1.29, 1.82) is 0 Å². The summed E-state index contributed by atoms with van der Waals surface area (Å²) in [4.78, 5) is 17.8. The second-order valence-corrected chi connectivity index (χ2v) is 9.26. The molecule has 2 aromatic carbocycles. The lowest BCUT2D eigenvalue weighted by atomic mass is 10.1. The van der Waals surface area contributed by atoms with Gasteiger partial charge in [-0.25, -0.2) is 18.5 Å². The number of rotatable bonds is 6. The number of primary sulfonamides is 1. The maximum atomic E-state index is 13.2. The first-order chi connectivity index (χ1) is 12.7. The number of para-hydroxylation sites is 1. The quantitative estimate of drug-likeness (QED) is 0.388. The summed E-state index contributed by atoms with van der Waals surface area (Å²) in [6.45, 7) is 3.96. The molecule has 8 heteroatoms. The monoisotopic (exact) mass is 403 g/mol. The third kappa shape index (κ3) is 4.77. The van der Waals surface area contributed by atoms with Crippen LogP contribution < -0.4 is 10.7 Å². The van der Waals surface area contributed by atoms with E-state index in [0.717, 1.165) is 16.8 Å². The molecule has 1 aromatic heterocycles. The number of hydrogen-bond acceptors (Lipinski definition) is 5. The fourth-order valence-corrected chi connectivity index (χ4v) is 4.62. The molecule has 142 valence electrons. The Morgan fingerprint density at radius 2 is 1.78 bits per heavy atom. The van der Waals surface area contributed by atoms with Gasteiger partial charge in [0.05, 0.1) is 22.3 Å². The molecule has 0 saturated carbocycles. The Morgan fingerprint density at radius 1 is 1.11 bits per heavy atom. The van der Waals surface area contributed by atoms with E-state index in [0.29, 0.717) is 28.2 Å². The predicted molar refractivity (Wildman–Crippen MR) is 110 cm³/mol. The molecular formula is C19H21N3O3S2. The topological polar surface area (TPSA) is 95.1 Å². The fourth-order valence-electron chi connectivity index (χ4n) is 2.94. The molecule has 0 bridgehead atoms.